The van der Waals surface area contributed by atoms with E-state index in [1.54, 1.807) is 18.3 Å². The topological polar surface area (TPSA) is 92.4 Å². The number of aromatic nitrogens is 3. The van der Waals surface area contributed by atoms with Crippen molar-refractivity contribution in [3.05, 3.63) is 62.5 Å². The van der Waals surface area contributed by atoms with Crippen molar-refractivity contribution in [3.63, 3.8) is 0 Å². The van der Waals surface area contributed by atoms with Crippen molar-refractivity contribution in [1.29, 1.82) is 0 Å². The molecular formula is C22H24ClN5O2S. The second-order valence-electron chi connectivity index (χ2n) is 7.76. The van der Waals surface area contributed by atoms with E-state index in [4.69, 9.17) is 16.6 Å². The number of nitrogens with one attached hydrogen (secondary N) is 1. The lowest BCUT2D eigenvalue weighted by Gasteiger charge is -2.13. The van der Waals surface area contributed by atoms with Crippen molar-refractivity contribution < 1.29 is 9.90 Å². The van der Waals surface area contributed by atoms with Crippen molar-refractivity contribution in [2.45, 2.75) is 46.3 Å². The number of hydrogen-bond acceptors (Lipinski definition) is 6. The molecule has 2 aromatic heterocycles. The first kappa shape index (κ1) is 21.7. The van der Waals surface area contributed by atoms with E-state index in [-0.39, 0.29) is 18.9 Å². The van der Waals surface area contributed by atoms with Gasteiger partial charge in [-0.15, -0.1) is 21.5 Å². The van der Waals surface area contributed by atoms with Gasteiger partial charge in [-0.3, -0.25) is 14.4 Å². The molecular weight excluding hydrogens is 434 g/mol. The summed E-state index contributed by atoms with van der Waals surface area (Å²) < 4.78 is 2.01. The van der Waals surface area contributed by atoms with Crippen molar-refractivity contribution in [2.75, 3.05) is 6.54 Å². The average molecular weight is 458 g/mol. The maximum absolute atomic E-state index is 12.6. The summed E-state index contributed by atoms with van der Waals surface area (Å²) in [5.41, 5.74) is 3.91. The Morgan fingerprint density at radius 2 is 1.97 bits per heavy atom. The predicted molar refractivity (Wildman–Crippen MR) is 123 cm³/mol. The number of halogens is 1. The van der Waals surface area contributed by atoms with Gasteiger partial charge in [0, 0.05) is 27.6 Å². The number of aryl methyl sites for hydroxylation is 2. The third-order valence-electron chi connectivity index (χ3n) is 5.33. The number of fused-ring (bicyclic) bond motifs is 3. The van der Waals surface area contributed by atoms with Crippen LogP contribution in [0.5, 0.6) is 0 Å². The van der Waals surface area contributed by atoms with Crippen molar-refractivity contribution in [3.8, 4) is 5.00 Å². The van der Waals surface area contributed by atoms with Crippen LogP contribution in [0.1, 0.15) is 52.6 Å². The molecule has 1 aromatic carbocycles. The molecule has 0 bridgehead atoms. The largest absolute Gasteiger partial charge is 0.392 e. The van der Waals surface area contributed by atoms with Gasteiger partial charge in [0.15, 0.2) is 5.82 Å². The molecule has 7 nitrogen and oxygen atoms in total. The summed E-state index contributed by atoms with van der Waals surface area (Å²) in [6.45, 7) is 7.91. The number of aliphatic hydroxyl groups excluding tert-OH is 1. The van der Waals surface area contributed by atoms with Gasteiger partial charge < -0.3 is 10.4 Å². The van der Waals surface area contributed by atoms with Crippen LogP contribution in [-0.4, -0.2) is 44.1 Å². The fraction of sp³-hybridized carbons (Fsp3) is 0.364. The van der Waals surface area contributed by atoms with Crippen molar-refractivity contribution in [1.82, 2.24) is 20.1 Å². The number of aliphatic imine (C=N–C) groups is 1. The molecule has 1 amide bonds. The monoisotopic (exact) mass is 457 g/mol. The van der Waals surface area contributed by atoms with Crippen LogP contribution in [0.3, 0.4) is 0 Å². The molecule has 4 rings (SSSR count). The van der Waals surface area contributed by atoms with Crippen LogP contribution >= 0.6 is 22.9 Å². The average Bonchev–Trinajstić information content (AvgIpc) is 3.19. The van der Waals surface area contributed by atoms with E-state index in [2.05, 4.69) is 29.4 Å². The zero-order chi connectivity index (χ0) is 22.3. The maximum atomic E-state index is 12.6. The summed E-state index contributed by atoms with van der Waals surface area (Å²) in [6.07, 6.45) is -0.510. The number of thiophene rings is 1. The third kappa shape index (κ3) is 4.15. The lowest BCUT2D eigenvalue weighted by molar-refractivity contribution is -0.121. The summed E-state index contributed by atoms with van der Waals surface area (Å²) in [7, 11) is 0. The van der Waals surface area contributed by atoms with E-state index >= 15 is 0 Å². The van der Waals surface area contributed by atoms with Crippen molar-refractivity contribution in [2.24, 2.45) is 4.99 Å². The van der Waals surface area contributed by atoms with Gasteiger partial charge in [-0.05, 0) is 45.4 Å². The highest BCUT2D eigenvalue weighted by atomic mass is 35.5. The first-order valence-corrected chi connectivity index (χ1v) is 11.3. The number of aliphatic hydroxyl groups is 1. The summed E-state index contributed by atoms with van der Waals surface area (Å²) >= 11 is 7.79. The molecule has 0 saturated heterocycles. The molecule has 0 spiro atoms. The number of nitrogens with zero attached hydrogens (tertiary/aromatic N) is 4. The molecule has 0 saturated carbocycles. The minimum absolute atomic E-state index is 0.106. The molecule has 3 heterocycles. The van der Waals surface area contributed by atoms with Crippen LogP contribution in [-0.2, 0) is 4.79 Å². The Labute approximate surface area is 189 Å². The third-order valence-corrected chi connectivity index (χ3v) is 6.77. The number of rotatable bonds is 5. The van der Waals surface area contributed by atoms with Gasteiger partial charge in [0.2, 0.25) is 5.91 Å². The number of benzene rings is 1. The normalized spacial score (nSPS) is 16.2. The molecule has 3 aromatic rings. The Kier molecular flexibility index (Phi) is 5.96. The van der Waals surface area contributed by atoms with E-state index in [1.165, 1.54) is 4.88 Å². The van der Waals surface area contributed by atoms with Crippen molar-refractivity contribution >= 4 is 34.6 Å². The standard InChI is InChI=1S/C22H24ClN5O2S/c1-11(29)10-24-18(30)9-17-21-27-26-14(4)28(21)22-19(12(2)13(3)31-22)20(25-17)15-5-7-16(23)8-6-15/h5-8,11,17,29H,9-10H2,1-4H3,(H,24,30)/t11-,17+/m0/s1. The second kappa shape index (κ2) is 8.53. The van der Waals surface area contributed by atoms with E-state index in [1.807, 2.05) is 35.8 Å². The highest BCUT2D eigenvalue weighted by Gasteiger charge is 2.32. The number of hydrogen-bond donors (Lipinski definition) is 2. The molecule has 0 fully saturated rings. The number of amides is 1. The molecule has 2 N–H and O–H groups in total. The highest BCUT2D eigenvalue weighted by molar-refractivity contribution is 7.15. The van der Waals surface area contributed by atoms with Gasteiger partial charge in [-0.1, -0.05) is 23.7 Å². The molecule has 2 atom stereocenters. The Hall–Kier alpha value is -2.55. The quantitative estimate of drug-likeness (QED) is 0.611. The first-order valence-electron chi connectivity index (χ1n) is 10.1. The van der Waals surface area contributed by atoms with Crippen LogP contribution in [0.25, 0.3) is 5.00 Å². The van der Waals surface area contributed by atoms with Gasteiger partial charge in [-0.25, -0.2) is 0 Å². The Balaban J connectivity index is 1.87. The molecule has 1 aliphatic heterocycles. The molecule has 0 unspecified atom stereocenters. The summed E-state index contributed by atoms with van der Waals surface area (Å²) in [4.78, 5) is 18.8. The zero-order valence-electron chi connectivity index (χ0n) is 17.8. The Bertz CT molecular complexity index is 1160. The van der Waals surface area contributed by atoms with Crippen LogP contribution in [0.15, 0.2) is 29.3 Å². The molecule has 162 valence electrons. The van der Waals surface area contributed by atoms with E-state index in [9.17, 15) is 9.90 Å². The number of carbonyl (C=O) groups is 1. The molecule has 1 aliphatic rings. The first-order chi connectivity index (χ1) is 14.8. The lowest BCUT2D eigenvalue weighted by atomic mass is 9.99. The fourth-order valence-corrected chi connectivity index (χ4v) is 4.98. The van der Waals surface area contributed by atoms with E-state index in [0.717, 1.165) is 33.2 Å². The fourth-order valence-electron chi connectivity index (χ4n) is 3.64. The highest BCUT2D eigenvalue weighted by Crippen LogP contribution is 2.39. The number of carbonyl (C=O) groups excluding carboxylic acids is 1. The van der Waals surface area contributed by atoms with E-state index in [0.29, 0.717) is 10.8 Å². The Morgan fingerprint density at radius 1 is 1.26 bits per heavy atom. The smallest absolute Gasteiger partial charge is 0.222 e. The molecule has 0 aliphatic carbocycles. The van der Waals surface area contributed by atoms with Gasteiger partial charge in [0.1, 0.15) is 16.9 Å². The van der Waals surface area contributed by atoms with Gasteiger partial charge in [0.05, 0.1) is 18.2 Å². The minimum Gasteiger partial charge on any atom is -0.392 e. The minimum atomic E-state index is -0.616. The maximum Gasteiger partial charge on any atom is 0.222 e. The van der Waals surface area contributed by atoms with Crippen LogP contribution in [0.4, 0.5) is 0 Å². The van der Waals surface area contributed by atoms with Crippen LogP contribution in [0, 0.1) is 20.8 Å². The van der Waals surface area contributed by atoms with E-state index < -0.39 is 12.1 Å². The van der Waals surface area contributed by atoms with Gasteiger partial charge >= 0.3 is 0 Å². The zero-order valence-corrected chi connectivity index (χ0v) is 19.4. The SMILES string of the molecule is Cc1sc2c(c1C)C(c1ccc(Cl)cc1)=N[C@H](CC(=O)NC[C@H](C)O)c1nnc(C)n1-2. The van der Waals surface area contributed by atoms with Gasteiger partial charge in [0.25, 0.3) is 0 Å². The lowest BCUT2D eigenvalue weighted by Crippen LogP contribution is -2.31. The van der Waals surface area contributed by atoms with Gasteiger partial charge in [-0.2, -0.15) is 0 Å². The second-order valence-corrected chi connectivity index (χ2v) is 9.40. The molecule has 9 heteroatoms. The predicted octanol–water partition coefficient (Wildman–Crippen LogP) is 3.69. The summed E-state index contributed by atoms with van der Waals surface area (Å²) in [6, 6.07) is 7.06. The summed E-state index contributed by atoms with van der Waals surface area (Å²) in [5, 5.41) is 22.6. The van der Waals surface area contributed by atoms with Crippen LogP contribution < -0.4 is 5.32 Å². The Morgan fingerprint density at radius 3 is 2.65 bits per heavy atom. The summed E-state index contributed by atoms with van der Waals surface area (Å²) in [5.74, 6) is 1.19. The molecule has 0 radical (unpaired) electrons. The molecule has 31 heavy (non-hydrogen) atoms. The van der Waals surface area contributed by atoms with Crippen LogP contribution in [0.2, 0.25) is 5.02 Å².